The highest BCUT2D eigenvalue weighted by Crippen LogP contribution is 2.35. The Labute approximate surface area is 169 Å². The molecule has 1 saturated heterocycles. The summed E-state index contributed by atoms with van der Waals surface area (Å²) < 4.78 is 44.1. The molecule has 1 aliphatic heterocycles. The first-order valence-electron chi connectivity index (χ1n) is 8.86. The van der Waals surface area contributed by atoms with Crippen molar-refractivity contribution in [2.45, 2.75) is 31.6 Å². The summed E-state index contributed by atoms with van der Waals surface area (Å²) in [5.74, 6) is 0.206. The van der Waals surface area contributed by atoms with E-state index in [9.17, 15) is 18.0 Å². The molecule has 0 aliphatic carbocycles. The van der Waals surface area contributed by atoms with Crippen molar-refractivity contribution in [3.05, 3.63) is 70.6 Å². The Hall–Kier alpha value is -2.87. The number of carbonyl (C=O) groups excluding carboxylic acids is 1. The number of alkyl halides is 3. The van der Waals surface area contributed by atoms with Crippen LogP contribution in [0, 0.1) is 0 Å². The standard InChI is InChI=1S/C20H15ClF3N3O2/c21-15-6-4-12(5-7-15)11-27-16(8-9-17(27)28)19-25-18(26-29-19)13-2-1-3-14(10-13)20(22,23)24/h1-7,10,16H,8-9,11H2. The lowest BCUT2D eigenvalue weighted by Gasteiger charge is -2.22. The zero-order valence-electron chi connectivity index (χ0n) is 15.0. The third-order valence-corrected chi connectivity index (χ3v) is 5.02. The van der Waals surface area contributed by atoms with Crippen LogP contribution in [0.2, 0.25) is 5.02 Å². The molecule has 0 N–H and O–H groups in total. The van der Waals surface area contributed by atoms with Crippen LogP contribution in [0.25, 0.3) is 11.4 Å². The number of likely N-dealkylation sites (tertiary alicyclic amines) is 1. The summed E-state index contributed by atoms with van der Waals surface area (Å²) in [5, 5.41) is 4.42. The van der Waals surface area contributed by atoms with Crippen LogP contribution in [0.15, 0.2) is 53.1 Å². The van der Waals surface area contributed by atoms with E-state index in [1.807, 2.05) is 12.1 Å². The van der Waals surface area contributed by atoms with E-state index >= 15 is 0 Å². The number of hydrogen-bond acceptors (Lipinski definition) is 4. The Bertz CT molecular complexity index is 1030. The van der Waals surface area contributed by atoms with Gasteiger partial charge in [-0.15, -0.1) is 0 Å². The molecule has 1 aliphatic rings. The van der Waals surface area contributed by atoms with E-state index in [1.54, 1.807) is 17.0 Å². The second-order valence-electron chi connectivity index (χ2n) is 6.74. The van der Waals surface area contributed by atoms with Gasteiger partial charge in [0.25, 0.3) is 0 Å². The topological polar surface area (TPSA) is 59.2 Å². The Balaban J connectivity index is 1.58. The van der Waals surface area contributed by atoms with Crippen molar-refractivity contribution in [3.63, 3.8) is 0 Å². The number of halogens is 4. The SMILES string of the molecule is O=C1CCC(c2nc(-c3cccc(C(F)(F)F)c3)no2)N1Cc1ccc(Cl)cc1. The average Bonchev–Trinajstić information content (AvgIpc) is 3.31. The Morgan fingerprint density at radius 2 is 1.93 bits per heavy atom. The summed E-state index contributed by atoms with van der Waals surface area (Å²) in [4.78, 5) is 18.2. The van der Waals surface area contributed by atoms with Gasteiger partial charge >= 0.3 is 6.18 Å². The molecular formula is C20H15ClF3N3O2. The lowest BCUT2D eigenvalue weighted by molar-refractivity contribution is -0.137. The molecule has 1 unspecified atom stereocenters. The maximum Gasteiger partial charge on any atom is 0.416 e. The van der Waals surface area contributed by atoms with Crippen molar-refractivity contribution in [2.24, 2.45) is 0 Å². The first-order chi connectivity index (χ1) is 13.8. The molecule has 3 aromatic rings. The van der Waals surface area contributed by atoms with Crippen molar-refractivity contribution in [1.29, 1.82) is 0 Å². The van der Waals surface area contributed by atoms with E-state index < -0.39 is 17.8 Å². The normalized spacial score (nSPS) is 17.2. The quantitative estimate of drug-likeness (QED) is 0.575. The van der Waals surface area contributed by atoms with Gasteiger partial charge in [-0.05, 0) is 36.2 Å². The van der Waals surface area contributed by atoms with Crippen LogP contribution in [0.3, 0.4) is 0 Å². The molecule has 1 atom stereocenters. The van der Waals surface area contributed by atoms with Gasteiger partial charge < -0.3 is 9.42 Å². The van der Waals surface area contributed by atoms with Gasteiger partial charge in [-0.1, -0.05) is 41.0 Å². The molecule has 2 heterocycles. The fourth-order valence-electron chi connectivity index (χ4n) is 3.30. The maximum absolute atomic E-state index is 12.9. The molecule has 1 amide bonds. The molecule has 9 heteroatoms. The fourth-order valence-corrected chi connectivity index (χ4v) is 3.42. The van der Waals surface area contributed by atoms with Gasteiger partial charge in [0, 0.05) is 23.6 Å². The number of nitrogens with zero attached hydrogens (tertiary/aromatic N) is 3. The fraction of sp³-hybridized carbons (Fsp3) is 0.250. The van der Waals surface area contributed by atoms with Gasteiger partial charge in [0.2, 0.25) is 17.6 Å². The van der Waals surface area contributed by atoms with Gasteiger partial charge in [-0.2, -0.15) is 18.2 Å². The second-order valence-corrected chi connectivity index (χ2v) is 7.17. The summed E-state index contributed by atoms with van der Waals surface area (Å²) in [6, 6.07) is 11.4. The van der Waals surface area contributed by atoms with Crippen LogP contribution in [0.1, 0.15) is 35.9 Å². The van der Waals surface area contributed by atoms with Crippen molar-refractivity contribution in [2.75, 3.05) is 0 Å². The maximum atomic E-state index is 12.9. The Morgan fingerprint density at radius 1 is 1.17 bits per heavy atom. The van der Waals surface area contributed by atoms with E-state index in [0.29, 0.717) is 24.4 Å². The number of rotatable bonds is 4. The molecular weight excluding hydrogens is 407 g/mol. The zero-order valence-corrected chi connectivity index (χ0v) is 15.7. The van der Waals surface area contributed by atoms with Crippen molar-refractivity contribution in [3.8, 4) is 11.4 Å². The van der Waals surface area contributed by atoms with E-state index in [4.69, 9.17) is 16.1 Å². The van der Waals surface area contributed by atoms with E-state index in [0.717, 1.165) is 17.7 Å². The highest BCUT2D eigenvalue weighted by Gasteiger charge is 2.36. The third-order valence-electron chi connectivity index (χ3n) is 4.77. The second kappa shape index (κ2) is 7.51. The van der Waals surface area contributed by atoms with Crippen LogP contribution in [0.4, 0.5) is 13.2 Å². The van der Waals surface area contributed by atoms with Crippen molar-refractivity contribution >= 4 is 17.5 Å². The highest BCUT2D eigenvalue weighted by atomic mass is 35.5. The molecule has 0 radical (unpaired) electrons. The molecule has 1 aromatic heterocycles. The van der Waals surface area contributed by atoms with Crippen LogP contribution in [0.5, 0.6) is 0 Å². The van der Waals surface area contributed by atoms with E-state index in [1.165, 1.54) is 12.1 Å². The molecule has 29 heavy (non-hydrogen) atoms. The summed E-state index contributed by atoms with van der Waals surface area (Å²) in [7, 11) is 0. The predicted octanol–water partition coefficient (Wildman–Crippen LogP) is 5.27. The first kappa shape index (κ1) is 19.4. The number of aromatic nitrogens is 2. The molecule has 5 nitrogen and oxygen atoms in total. The number of carbonyl (C=O) groups is 1. The number of amides is 1. The highest BCUT2D eigenvalue weighted by molar-refractivity contribution is 6.30. The molecule has 0 bridgehead atoms. The van der Waals surface area contributed by atoms with Crippen LogP contribution in [-0.4, -0.2) is 20.9 Å². The van der Waals surface area contributed by atoms with Gasteiger partial charge in [0.05, 0.1) is 5.56 Å². The van der Waals surface area contributed by atoms with E-state index in [2.05, 4.69) is 10.1 Å². The van der Waals surface area contributed by atoms with Crippen molar-refractivity contribution < 1.29 is 22.5 Å². The average molecular weight is 422 g/mol. The minimum Gasteiger partial charge on any atom is -0.337 e. The smallest absolute Gasteiger partial charge is 0.337 e. The molecule has 4 rings (SSSR count). The van der Waals surface area contributed by atoms with Crippen molar-refractivity contribution in [1.82, 2.24) is 15.0 Å². The van der Waals surface area contributed by atoms with Gasteiger partial charge in [-0.25, -0.2) is 0 Å². The molecule has 0 saturated carbocycles. The predicted molar refractivity (Wildman–Crippen MR) is 98.7 cm³/mol. The minimum atomic E-state index is -4.46. The summed E-state index contributed by atoms with van der Waals surface area (Å²) in [6.45, 7) is 0.349. The van der Waals surface area contributed by atoms with Crippen LogP contribution < -0.4 is 0 Å². The Kier molecular flexibility index (Phi) is 5.04. The third kappa shape index (κ3) is 4.12. The summed E-state index contributed by atoms with van der Waals surface area (Å²) in [6.07, 6.45) is -3.63. The Morgan fingerprint density at radius 3 is 2.66 bits per heavy atom. The van der Waals surface area contributed by atoms with Gasteiger partial charge in [0.15, 0.2) is 0 Å². The van der Waals surface area contributed by atoms with Gasteiger partial charge in [0.1, 0.15) is 6.04 Å². The van der Waals surface area contributed by atoms with Crippen LogP contribution in [-0.2, 0) is 17.5 Å². The molecule has 0 spiro atoms. The first-order valence-corrected chi connectivity index (χ1v) is 9.24. The molecule has 1 fully saturated rings. The lowest BCUT2D eigenvalue weighted by Crippen LogP contribution is -2.27. The van der Waals surface area contributed by atoms with Gasteiger partial charge in [-0.3, -0.25) is 4.79 Å². The van der Waals surface area contributed by atoms with E-state index in [-0.39, 0.29) is 23.2 Å². The summed E-state index contributed by atoms with van der Waals surface area (Å²) in [5.41, 5.74) is 0.303. The monoisotopic (exact) mass is 421 g/mol. The number of hydrogen-bond donors (Lipinski definition) is 0. The zero-order chi connectivity index (χ0) is 20.6. The summed E-state index contributed by atoms with van der Waals surface area (Å²) >= 11 is 5.90. The lowest BCUT2D eigenvalue weighted by atomic mass is 10.1. The largest absolute Gasteiger partial charge is 0.416 e. The van der Waals surface area contributed by atoms with Crippen LogP contribution >= 0.6 is 11.6 Å². The molecule has 2 aromatic carbocycles. The molecule has 150 valence electrons. The minimum absolute atomic E-state index is 0.0521. The number of benzene rings is 2.